The molecule has 1 radical (unpaired) electrons. The third-order valence-corrected chi connectivity index (χ3v) is 2.41. The Kier molecular flexibility index (Phi) is 3.86. The summed E-state index contributed by atoms with van der Waals surface area (Å²) in [6.45, 7) is 2.29. The van der Waals surface area contributed by atoms with Crippen LogP contribution in [0.25, 0.3) is 0 Å². The Morgan fingerprint density at radius 2 is 1.60 bits per heavy atom. The molecule has 0 atom stereocenters. The Balaban J connectivity index is 2.15. The molecule has 0 saturated heterocycles. The zero-order valence-electron chi connectivity index (χ0n) is 7.16. The molecule has 1 aliphatic carbocycles. The highest BCUT2D eigenvalue weighted by Crippen LogP contribution is 2.27. The van der Waals surface area contributed by atoms with Gasteiger partial charge in [-0.15, -0.1) is 0 Å². The molecule has 0 aromatic carbocycles. The van der Waals surface area contributed by atoms with Gasteiger partial charge in [0.1, 0.15) is 0 Å². The molecule has 0 aliphatic heterocycles. The molecule has 0 amide bonds. The predicted molar refractivity (Wildman–Crippen MR) is 45.9 cm³/mol. The van der Waals surface area contributed by atoms with Gasteiger partial charge in [0.15, 0.2) is 0 Å². The van der Waals surface area contributed by atoms with E-state index in [4.69, 9.17) is 0 Å². The molecular weight excluding hydrogens is 120 g/mol. The van der Waals surface area contributed by atoms with Gasteiger partial charge >= 0.3 is 0 Å². The first kappa shape index (κ1) is 8.10. The van der Waals surface area contributed by atoms with Gasteiger partial charge < -0.3 is 0 Å². The van der Waals surface area contributed by atoms with Crippen molar-refractivity contribution in [3.8, 4) is 0 Å². The summed E-state index contributed by atoms with van der Waals surface area (Å²) in [5.41, 5.74) is 0. The third-order valence-electron chi connectivity index (χ3n) is 2.41. The van der Waals surface area contributed by atoms with Crippen LogP contribution in [-0.4, -0.2) is 0 Å². The van der Waals surface area contributed by atoms with Crippen LogP contribution in [0, 0.1) is 5.92 Å². The summed E-state index contributed by atoms with van der Waals surface area (Å²) < 4.78 is 0. The van der Waals surface area contributed by atoms with Crippen LogP contribution in [0.3, 0.4) is 0 Å². The van der Waals surface area contributed by atoms with Gasteiger partial charge in [0, 0.05) is 0 Å². The monoisotopic (exact) mass is 139 g/mol. The third kappa shape index (κ3) is 2.72. The van der Waals surface area contributed by atoms with Crippen LogP contribution in [0.5, 0.6) is 0 Å². The second-order valence-electron chi connectivity index (χ2n) is 3.41. The summed E-state index contributed by atoms with van der Waals surface area (Å²) in [5.74, 6) is 1.85. The Bertz CT molecular complexity index is 68.1. The summed E-state index contributed by atoms with van der Waals surface area (Å²) in [7, 11) is 0. The van der Waals surface area contributed by atoms with E-state index in [0.717, 1.165) is 0 Å². The standard InChI is InChI=1S/C10H19/c1-2-7-10-8-5-3-4-6-9-10/h2-9H2,1H3. The Labute approximate surface area is 65.0 Å². The molecule has 1 aliphatic rings. The zero-order valence-corrected chi connectivity index (χ0v) is 7.16. The molecule has 0 aromatic heterocycles. The SMILES string of the molecule is CCC[C]1CCCCCC1. The first-order valence-electron chi connectivity index (χ1n) is 4.77. The van der Waals surface area contributed by atoms with E-state index in [2.05, 4.69) is 6.92 Å². The highest BCUT2D eigenvalue weighted by Gasteiger charge is 2.10. The summed E-state index contributed by atoms with van der Waals surface area (Å²) in [6, 6.07) is 0. The van der Waals surface area contributed by atoms with Gasteiger partial charge in [-0.3, -0.25) is 0 Å². The fourth-order valence-corrected chi connectivity index (χ4v) is 1.83. The van der Waals surface area contributed by atoms with E-state index in [1.54, 1.807) is 0 Å². The largest absolute Gasteiger partial charge is 0.0654 e. The molecule has 1 saturated carbocycles. The first-order chi connectivity index (χ1) is 4.93. The number of rotatable bonds is 2. The lowest BCUT2D eigenvalue weighted by molar-refractivity contribution is 0.649. The van der Waals surface area contributed by atoms with Crippen molar-refractivity contribution in [1.82, 2.24) is 0 Å². The topological polar surface area (TPSA) is 0 Å². The van der Waals surface area contributed by atoms with Gasteiger partial charge in [0.05, 0.1) is 0 Å². The van der Waals surface area contributed by atoms with Crippen LogP contribution in [0.2, 0.25) is 0 Å². The van der Waals surface area contributed by atoms with Gasteiger partial charge in [-0.1, -0.05) is 39.0 Å². The summed E-state index contributed by atoms with van der Waals surface area (Å²) >= 11 is 0. The maximum Gasteiger partial charge on any atom is -0.0241 e. The molecule has 59 valence electrons. The van der Waals surface area contributed by atoms with Crippen molar-refractivity contribution in [2.45, 2.75) is 58.3 Å². The molecule has 0 heterocycles. The summed E-state index contributed by atoms with van der Waals surface area (Å²) in [5, 5.41) is 0. The smallest absolute Gasteiger partial charge is 0.0241 e. The van der Waals surface area contributed by atoms with Gasteiger partial charge in [-0.05, 0) is 25.2 Å². The molecule has 0 nitrogen and oxygen atoms in total. The minimum absolute atomic E-state index is 1.36. The molecule has 0 aromatic rings. The highest BCUT2D eigenvalue weighted by atomic mass is 14.2. The Morgan fingerprint density at radius 1 is 1.00 bits per heavy atom. The van der Waals surface area contributed by atoms with E-state index in [1.165, 1.54) is 51.4 Å². The zero-order chi connectivity index (χ0) is 7.23. The van der Waals surface area contributed by atoms with Crippen molar-refractivity contribution in [1.29, 1.82) is 0 Å². The molecular formula is C10H19. The number of hydrogen-bond donors (Lipinski definition) is 0. The maximum atomic E-state index is 2.29. The van der Waals surface area contributed by atoms with Crippen LogP contribution in [0.15, 0.2) is 0 Å². The van der Waals surface area contributed by atoms with Crippen LogP contribution in [-0.2, 0) is 0 Å². The quantitative estimate of drug-likeness (QED) is 0.511. The number of hydrogen-bond acceptors (Lipinski definition) is 0. The van der Waals surface area contributed by atoms with Crippen molar-refractivity contribution in [3.63, 3.8) is 0 Å². The second kappa shape index (κ2) is 4.76. The van der Waals surface area contributed by atoms with Crippen molar-refractivity contribution < 1.29 is 0 Å². The maximum absolute atomic E-state index is 2.29. The lowest BCUT2D eigenvalue weighted by Gasteiger charge is -2.10. The van der Waals surface area contributed by atoms with E-state index >= 15 is 0 Å². The van der Waals surface area contributed by atoms with Gasteiger partial charge in [0.25, 0.3) is 0 Å². The Hall–Kier alpha value is 0. The lowest BCUT2D eigenvalue weighted by Crippen LogP contribution is -1.93. The molecule has 10 heavy (non-hydrogen) atoms. The van der Waals surface area contributed by atoms with E-state index in [0.29, 0.717) is 0 Å². The summed E-state index contributed by atoms with van der Waals surface area (Å²) in [4.78, 5) is 0. The van der Waals surface area contributed by atoms with Gasteiger partial charge in [0.2, 0.25) is 0 Å². The lowest BCUT2D eigenvalue weighted by atomic mass is 9.96. The first-order valence-corrected chi connectivity index (χ1v) is 4.77. The average Bonchev–Trinajstić information content (AvgIpc) is 2.17. The highest BCUT2D eigenvalue weighted by molar-refractivity contribution is 4.90. The Morgan fingerprint density at radius 3 is 2.10 bits per heavy atom. The van der Waals surface area contributed by atoms with Crippen LogP contribution >= 0.6 is 0 Å². The van der Waals surface area contributed by atoms with E-state index < -0.39 is 0 Å². The minimum Gasteiger partial charge on any atom is -0.0654 e. The fourth-order valence-electron chi connectivity index (χ4n) is 1.83. The molecule has 1 rings (SSSR count). The van der Waals surface area contributed by atoms with Crippen molar-refractivity contribution in [3.05, 3.63) is 5.92 Å². The van der Waals surface area contributed by atoms with E-state index in [9.17, 15) is 0 Å². The van der Waals surface area contributed by atoms with Crippen LogP contribution in [0.4, 0.5) is 0 Å². The predicted octanol–water partition coefficient (Wildman–Crippen LogP) is 3.72. The molecule has 0 heteroatoms. The average molecular weight is 139 g/mol. The van der Waals surface area contributed by atoms with E-state index in [-0.39, 0.29) is 0 Å². The molecule has 1 fully saturated rings. The van der Waals surface area contributed by atoms with Crippen molar-refractivity contribution in [2.24, 2.45) is 0 Å². The van der Waals surface area contributed by atoms with Crippen LogP contribution in [0.1, 0.15) is 58.3 Å². The van der Waals surface area contributed by atoms with Crippen molar-refractivity contribution >= 4 is 0 Å². The van der Waals surface area contributed by atoms with E-state index in [1.807, 2.05) is 5.92 Å². The summed E-state index contributed by atoms with van der Waals surface area (Å²) in [6.07, 6.45) is 11.5. The normalized spacial score (nSPS) is 22.5. The van der Waals surface area contributed by atoms with Gasteiger partial charge in [-0.25, -0.2) is 0 Å². The van der Waals surface area contributed by atoms with Crippen LogP contribution < -0.4 is 0 Å². The molecule has 0 bridgehead atoms. The minimum atomic E-state index is 1.36. The molecule has 0 N–H and O–H groups in total. The fraction of sp³-hybridized carbons (Fsp3) is 0.900. The molecule has 0 spiro atoms. The van der Waals surface area contributed by atoms with Crippen molar-refractivity contribution in [2.75, 3.05) is 0 Å². The second-order valence-corrected chi connectivity index (χ2v) is 3.41. The van der Waals surface area contributed by atoms with Gasteiger partial charge in [-0.2, -0.15) is 0 Å². The molecule has 0 unspecified atom stereocenters.